The van der Waals surface area contributed by atoms with E-state index in [-0.39, 0.29) is 17.6 Å². The van der Waals surface area contributed by atoms with Crippen LogP contribution in [0.5, 0.6) is 5.75 Å². The minimum absolute atomic E-state index is 0.105. The molecule has 0 saturated carbocycles. The second kappa shape index (κ2) is 11.0. The molecule has 172 valence electrons. The monoisotopic (exact) mass is 458 g/mol. The third-order valence-corrected chi connectivity index (χ3v) is 4.60. The van der Waals surface area contributed by atoms with Crippen LogP contribution in [0.1, 0.15) is 29.2 Å². The van der Waals surface area contributed by atoms with Gasteiger partial charge in [0.2, 0.25) is 0 Å². The van der Waals surface area contributed by atoms with Crippen molar-refractivity contribution >= 4 is 11.8 Å². The minimum Gasteiger partial charge on any atom is -0.507 e. The Bertz CT molecular complexity index is 1150. The number of phenols is 1. The van der Waals surface area contributed by atoms with Crippen molar-refractivity contribution in [1.82, 2.24) is 4.98 Å². The van der Waals surface area contributed by atoms with E-state index in [0.717, 1.165) is 6.42 Å². The van der Waals surface area contributed by atoms with Gasteiger partial charge in [-0.2, -0.15) is 18.4 Å². The molecule has 10 heteroatoms. The normalized spacial score (nSPS) is 11.6. The second-order valence-corrected chi connectivity index (χ2v) is 6.92. The van der Waals surface area contributed by atoms with Gasteiger partial charge in [-0.1, -0.05) is 42.5 Å². The van der Waals surface area contributed by atoms with E-state index in [1.54, 1.807) is 30.3 Å². The lowest BCUT2D eigenvalue weighted by Gasteiger charge is -2.16. The van der Waals surface area contributed by atoms with Gasteiger partial charge in [0.1, 0.15) is 17.6 Å². The van der Waals surface area contributed by atoms with Crippen molar-refractivity contribution in [2.75, 3.05) is 5.73 Å². The number of nitrogens with two attached hydrogens (primary N) is 2. The number of aliphatic carboxylic acids is 1. The van der Waals surface area contributed by atoms with Gasteiger partial charge in [-0.3, -0.25) is 0 Å². The van der Waals surface area contributed by atoms with E-state index in [1.165, 1.54) is 5.56 Å². The van der Waals surface area contributed by atoms with Crippen molar-refractivity contribution in [3.05, 3.63) is 77.4 Å². The van der Waals surface area contributed by atoms with Crippen LogP contribution >= 0.6 is 0 Å². The molecule has 0 saturated heterocycles. The highest BCUT2D eigenvalue weighted by Gasteiger charge is 2.38. The van der Waals surface area contributed by atoms with E-state index in [0.29, 0.717) is 28.8 Å². The summed E-state index contributed by atoms with van der Waals surface area (Å²) in [4.78, 5) is 13.2. The standard InChI is InChI=1S/C21H20N4O.C2HF3O2/c22-13-17-16(18(23)11-10-14-6-2-1-3-7-14)12-19(25-21(17)24)15-8-4-5-9-20(15)26;3-2(4,5)1(6)7/h1-9,12,18,26H,10-11,23H2,(H2,24,25);(H,6,7)/t18-;/m0./s1. The molecule has 33 heavy (non-hydrogen) atoms. The lowest BCUT2D eigenvalue weighted by molar-refractivity contribution is -0.192. The van der Waals surface area contributed by atoms with Crippen molar-refractivity contribution in [3.8, 4) is 23.1 Å². The Morgan fingerprint density at radius 1 is 1.12 bits per heavy atom. The lowest BCUT2D eigenvalue weighted by Crippen LogP contribution is -2.21. The number of carboxylic acids is 1. The molecule has 0 bridgehead atoms. The number of rotatable bonds is 5. The van der Waals surface area contributed by atoms with E-state index in [9.17, 15) is 23.5 Å². The quantitative estimate of drug-likeness (QED) is 0.449. The molecule has 1 heterocycles. The molecule has 3 rings (SSSR count). The number of aromatic nitrogens is 1. The summed E-state index contributed by atoms with van der Waals surface area (Å²) in [5.74, 6) is -2.53. The van der Waals surface area contributed by atoms with Crippen LogP contribution in [0.4, 0.5) is 19.0 Å². The number of carboxylic acid groups (broad SMARTS) is 1. The molecular formula is C23H21F3N4O3. The number of hydrogen-bond donors (Lipinski definition) is 4. The van der Waals surface area contributed by atoms with Crippen LogP contribution in [0.3, 0.4) is 0 Å². The molecule has 0 aliphatic rings. The minimum atomic E-state index is -5.08. The fourth-order valence-electron chi connectivity index (χ4n) is 2.95. The number of nitrogens with zero attached hydrogens (tertiary/aromatic N) is 2. The Morgan fingerprint density at radius 2 is 1.70 bits per heavy atom. The summed E-state index contributed by atoms with van der Waals surface area (Å²) >= 11 is 0. The van der Waals surface area contributed by atoms with Crippen molar-refractivity contribution in [3.63, 3.8) is 0 Å². The number of halogens is 3. The van der Waals surface area contributed by atoms with Crippen LogP contribution in [0, 0.1) is 11.3 Å². The molecule has 0 aliphatic carbocycles. The van der Waals surface area contributed by atoms with Crippen molar-refractivity contribution in [1.29, 1.82) is 5.26 Å². The smallest absolute Gasteiger partial charge is 0.490 e. The number of anilines is 1. The first-order chi connectivity index (χ1) is 15.5. The number of nitrogen functional groups attached to an aromatic ring is 1. The molecule has 0 amide bonds. The summed E-state index contributed by atoms with van der Waals surface area (Å²) in [6.07, 6.45) is -3.62. The zero-order chi connectivity index (χ0) is 24.6. The highest BCUT2D eigenvalue weighted by atomic mass is 19.4. The number of alkyl halides is 3. The zero-order valence-electron chi connectivity index (χ0n) is 17.3. The average Bonchev–Trinajstić information content (AvgIpc) is 2.77. The number of pyridine rings is 1. The third-order valence-electron chi connectivity index (χ3n) is 4.60. The molecule has 0 fully saturated rings. The molecule has 0 unspecified atom stereocenters. The number of phenolic OH excluding ortho intramolecular Hbond substituents is 1. The SMILES string of the molecule is N#Cc1c([C@@H](N)CCc2ccccc2)cc(-c2ccccc2O)nc1N.O=C(O)C(F)(F)F. The predicted molar refractivity (Wildman–Crippen MR) is 116 cm³/mol. The molecular weight excluding hydrogens is 437 g/mol. The predicted octanol–water partition coefficient (Wildman–Crippen LogP) is 4.17. The Kier molecular flexibility index (Phi) is 8.36. The summed E-state index contributed by atoms with van der Waals surface area (Å²) in [5.41, 5.74) is 15.6. The summed E-state index contributed by atoms with van der Waals surface area (Å²) < 4.78 is 31.7. The summed E-state index contributed by atoms with van der Waals surface area (Å²) in [6.45, 7) is 0. The van der Waals surface area contributed by atoms with Gasteiger partial charge in [-0.25, -0.2) is 9.78 Å². The Labute approximate surface area is 187 Å². The Hall–Kier alpha value is -4.10. The number of aryl methyl sites for hydroxylation is 1. The van der Waals surface area contributed by atoms with Gasteiger partial charge in [0.25, 0.3) is 0 Å². The molecule has 6 N–H and O–H groups in total. The molecule has 0 aliphatic heterocycles. The van der Waals surface area contributed by atoms with Crippen molar-refractivity contribution in [2.45, 2.75) is 25.1 Å². The number of nitriles is 1. The van der Waals surface area contributed by atoms with Gasteiger partial charge in [-0.15, -0.1) is 0 Å². The lowest BCUT2D eigenvalue weighted by atomic mass is 9.95. The first-order valence-electron chi connectivity index (χ1n) is 9.63. The van der Waals surface area contributed by atoms with Crippen LogP contribution in [-0.2, 0) is 11.2 Å². The third kappa shape index (κ3) is 6.95. The molecule has 0 spiro atoms. The maximum atomic E-state index is 10.6. The highest BCUT2D eigenvalue weighted by Crippen LogP contribution is 2.32. The van der Waals surface area contributed by atoms with Crippen molar-refractivity contribution < 1.29 is 28.2 Å². The summed E-state index contributed by atoms with van der Waals surface area (Å²) in [7, 11) is 0. The molecule has 0 radical (unpaired) electrons. The van der Waals surface area contributed by atoms with Crippen LogP contribution in [0.15, 0.2) is 60.7 Å². The highest BCUT2D eigenvalue weighted by molar-refractivity contribution is 5.73. The molecule has 2 aromatic carbocycles. The van der Waals surface area contributed by atoms with Gasteiger partial charge in [0.15, 0.2) is 0 Å². The van der Waals surface area contributed by atoms with E-state index in [1.807, 2.05) is 30.3 Å². The summed E-state index contributed by atoms with van der Waals surface area (Å²) in [6, 6.07) is 20.4. The number of para-hydroxylation sites is 1. The van der Waals surface area contributed by atoms with E-state index in [2.05, 4.69) is 11.1 Å². The maximum absolute atomic E-state index is 10.6. The molecule has 1 atom stereocenters. The molecule has 7 nitrogen and oxygen atoms in total. The fourth-order valence-corrected chi connectivity index (χ4v) is 2.95. The van der Waals surface area contributed by atoms with Crippen LogP contribution in [0.2, 0.25) is 0 Å². The van der Waals surface area contributed by atoms with E-state index >= 15 is 0 Å². The van der Waals surface area contributed by atoms with Crippen molar-refractivity contribution in [2.24, 2.45) is 5.73 Å². The zero-order valence-corrected chi connectivity index (χ0v) is 17.3. The van der Waals surface area contributed by atoms with Crippen LogP contribution < -0.4 is 11.5 Å². The van der Waals surface area contributed by atoms with Gasteiger partial charge < -0.3 is 21.7 Å². The number of benzene rings is 2. The van der Waals surface area contributed by atoms with Crippen LogP contribution in [0.25, 0.3) is 11.3 Å². The Balaban J connectivity index is 0.000000479. The van der Waals surface area contributed by atoms with Gasteiger partial charge >= 0.3 is 12.1 Å². The fraction of sp³-hybridized carbons (Fsp3) is 0.174. The average molecular weight is 458 g/mol. The maximum Gasteiger partial charge on any atom is 0.490 e. The van der Waals surface area contributed by atoms with E-state index in [4.69, 9.17) is 21.4 Å². The van der Waals surface area contributed by atoms with Gasteiger partial charge in [0.05, 0.1) is 11.3 Å². The number of hydrogen-bond acceptors (Lipinski definition) is 6. The van der Waals surface area contributed by atoms with Gasteiger partial charge in [-0.05, 0) is 42.2 Å². The topological polar surface area (TPSA) is 146 Å². The largest absolute Gasteiger partial charge is 0.507 e. The summed E-state index contributed by atoms with van der Waals surface area (Å²) in [5, 5.41) is 26.7. The number of carbonyl (C=O) groups is 1. The van der Waals surface area contributed by atoms with Gasteiger partial charge in [0, 0.05) is 11.6 Å². The Morgan fingerprint density at radius 3 is 2.24 bits per heavy atom. The van der Waals surface area contributed by atoms with Crippen LogP contribution in [-0.4, -0.2) is 27.3 Å². The first kappa shape index (κ1) is 25.2. The van der Waals surface area contributed by atoms with E-state index < -0.39 is 12.1 Å². The number of aromatic hydroxyl groups is 1. The second-order valence-electron chi connectivity index (χ2n) is 6.92. The molecule has 3 aromatic rings. The first-order valence-corrected chi connectivity index (χ1v) is 9.63. The molecule has 1 aromatic heterocycles.